The van der Waals surface area contributed by atoms with E-state index in [1.165, 1.54) is 32.1 Å². The minimum atomic E-state index is -1.48. The van der Waals surface area contributed by atoms with Gasteiger partial charge < -0.3 is 9.67 Å². The van der Waals surface area contributed by atoms with E-state index < -0.39 is 40.8 Å². The molecule has 4 heterocycles. The van der Waals surface area contributed by atoms with E-state index in [-0.39, 0.29) is 0 Å². The molecule has 1 aromatic heterocycles. The largest absolute Gasteiger partial charge is 0.378 e. The van der Waals surface area contributed by atoms with Crippen LogP contribution in [0.5, 0.6) is 0 Å². The molecular formula is C92H58N4O6. The molecule has 0 saturated carbocycles. The second kappa shape index (κ2) is 22.2. The Labute approximate surface area is 586 Å². The number of carbonyl (C=O) groups excluding carboxylic acids is 5. The number of aromatic nitrogens is 1. The molecule has 3 aliphatic heterocycles. The Morgan fingerprint density at radius 2 is 0.892 bits per heavy atom. The van der Waals surface area contributed by atoms with Crippen LogP contribution in [0.2, 0.25) is 0 Å². The lowest BCUT2D eigenvalue weighted by Crippen LogP contribution is -2.28. The monoisotopic (exact) mass is 1310 g/mol. The van der Waals surface area contributed by atoms with E-state index in [0.717, 1.165) is 106 Å². The number of amides is 3. The van der Waals surface area contributed by atoms with Crippen molar-refractivity contribution in [3.8, 4) is 72.4 Å². The molecule has 10 heteroatoms. The third-order valence-corrected chi connectivity index (χ3v) is 21.8. The minimum absolute atomic E-state index is 0.308. The van der Waals surface area contributed by atoms with Crippen molar-refractivity contribution in [2.75, 3.05) is 14.7 Å². The van der Waals surface area contributed by atoms with Crippen molar-refractivity contribution in [3.05, 3.63) is 348 Å². The molecule has 1 N–H and O–H groups in total. The molecule has 10 nitrogen and oxygen atoms in total. The van der Waals surface area contributed by atoms with E-state index in [4.69, 9.17) is 0 Å². The maximum atomic E-state index is 15.1. The average molecular weight is 1320 g/mol. The number of hydrogen-bond donors (Lipinski definition) is 1. The van der Waals surface area contributed by atoms with Crippen LogP contribution >= 0.6 is 0 Å². The van der Waals surface area contributed by atoms with Crippen LogP contribution < -0.4 is 14.7 Å². The number of aliphatic hydroxyl groups excluding tert-OH is 1. The van der Waals surface area contributed by atoms with Gasteiger partial charge in [0.2, 0.25) is 0 Å². The van der Waals surface area contributed by atoms with Crippen molar-refractivity contribution in [1.82, 2.24) is 4.57 Å². The highest BCUT2D eigenvalue weighted by molar-refractivity contribution is 6.54. The fourth-order valence-corrected chi connectivity index (χ4v) is 17.3. The SMILES string of the molecule is CC1C=CC2=C(C1)c1ccccc1C21c2cc(-c3cccc(-c4cc(-c5ccccc5)cc(N5C(=O)C(=O)c6ccccc65)c4)c3)ccc2-c2ccc(N3C(=O)C(O)c4c(-c5cccc(-c6ccc7c(c6)C(=O)C(=O)N7c6ccc7c(c6)c6ccccc6n7-c6ccccc6)c5)cccc43)cc21. The summed E-state index contributed by atoms with van der Waals surface area (Å²) < 4.78 is 2.21. The van der Waals surface area contributed by atoms with Gasteiger partial charge in [0.05, 0.1) is 56.0 Å². The van der Waals surface area contributed by atoms with Crippen LogP contribution in [0.15, 0.2) is 309 Å². The van der Waals surface area contributed by atoms with E-state index in [1.807, 2.05) is 152 Å². The van der Waals surface area contributed by atoms with Gasteiger partial charge in [-0.05, 0) is 228 Å². The van der Waals surface area contributed by atoms with Crippen LogP contribution in [0.4, 0.5) is 34.1 Å². The van der Waals surface area contributed by atoms with Crippen LogP contribution in [-0.2, 0) is 19.8 Å². The zero-order valence-corrected chi connectivity index (χ0v) is 55.0. The van der Waals surface area contributed by atoms with Crippen LogP contribution in [0.3, 0.4) is 0 Å². The molecule has 20 rings (SSSR count). The van der Waals surface area contributed by atoms with Crippen molar-refractivity contribution in [2.45, 2.75) is 24.9 Å². The predicted octanol–water partition coefficient (Wildman–Crippen LogP) is 20.2. The van der Waals surface area contributed by atoms with Crippen molar-refractivity contribution in [3.63, 3.8) is 0 Å². The number of fused-ring (bicyclic) bond motifs is 15. The maximum Gasteiger partial charge on any atom is 0.304 e. The quantitative estimate of drug-likeness (QED) is 0.144. The highest BCUT2D eigenvalue weighted by Crippen LogP contribution is 2.65. The van der Waals surface area contributed by atoms with Gasteiger partial charge in [0.15, 0.2) is 6.10 Å². The van der Waals surface area contributed by atoms with Gasteiger partial charge in [-0.1, -0.05) is 195 Å². The first-order chi connectivity index (χ1) is 50.0. The number of carbonyl (C=O) groups is 5. The molecule has 3 aliphatic carbocycles. The lowest BCUT2D eigenvalue weighted by molar-refractivity contribution is -0.125. The Morgan fingerprint density at radius 1 is 0.353 bits per heavy atom. The van der Waals surface area contributed by atoms with Crippen molar-refractivity contribution >= 4 is 90.8 Å². The van der Waals surface area contributed by atoms with E-state index in [1.54, 1.807) is 23.1 Å². The number of Topliss-reactive ketones (excluding diaryl/α,β-unsaturated/α-hetero) is 2. The number of aliphatic hydroxyl groups is 1. The molecular weight excluding hydrogens is 1260 g/mol. The molecule has 14 aromatic rings. The normalized spacial score (nSPS) is 17.5. The second-order valence-electron chi connectivity index (χ2n) is 27.4. The molecule has 482 valence electrons. The molecule has 0 saturated heterocycles. The van der Waals surface area contributed by atoms with Gasteiger partial charge in [-0.15, -0.1) is 0 Å². The Balaban J connectivity index is 0.658. The van der Waals surface area contributed by atoms with Crippen molar-refractivity contribution < 1.29 is 29.1 Å². The minimum Gasteiger partial charge on any atom is -0.378 e. The highest BCUT2D eigenvalue weighted by atomic mass is 16.3. The van der Waals surface area contributed by atoms with E-state index in [0.29, 0.717) is 62.3 Å². The summed E-state index contributed by atoms with van der Waals surface area (Å²) in [7, 11) is 0. The van der Waals surface area contributed by atoms with Gasteiger partial charge in [0.1, 0.15) is 0 Å². The summed E-state index contributed by atoms with van der Waals surface area (Å²) in [6, 6.07) is 97.3. The van der Waals surface area contributed by atoms with Gasteiger partial charge in [-0.3, -0.25) is 38.7 Å². The summed E-state index contributed by atoms with van der Waals surface area (Å²) >= 11 is 0. The zero-order valence-electron chi connectivity index (χ0n) is 55.0. The number of anilines is 6. The Hall–Kier alpha value is -13.2. The zero-order chi connectivity index (χ0) is 68.4. The molecule has 13 aromatic carbocycles. The molecule has 102 heavy (non-hydrogen) atoms. The molecule has 0 bridgehead atoms. The van der Waals surface area contributed by atoms with E-state index in [2.05, 4.69) is 145 Å². The van der Waals surface area contributed by atoms with Crippen LogP contribution in [-0.4, -0.2) is 39.0 Å². The van der Waals surface area contributed by atoms with Crippen molar-refractivity contribution in [2.24, 2.45) is 5.92 Å². The standard InChI is InChI=1S/C92H58N4O6/c1-53-33-40-77-73(43-53)68-25-8-11-29-76(68)92(77)78-50-59(55-19-14-21-57(44-55)62-46-61(54-17-4-2-5-18-54)47-66(48-62)96-81-31-13-10-27-72(81)86(97)89(96)100)34-38-69(78)70-39-36-65(52-79(70)92)95-84-32-16-28-67(85(84)88(99)91(95)102)60-22-15-20-56(45-60)58-35-41-83-75(49-58)87(98)90(101)94(83)64-37-42-82-74(51-64)71-26-9-12-30-80(71)93(82)63-23-6-3-7-24-63/h2-42,44-53,88,99H,43H2,1H3. The molecule has 6 aliphatic rings. The first-order valence-electron chi connectivity index (χ1n) is 34.5. The summed E-state index contributed by atoms with van der Waals surface area (Å²) in [6.07, 6.45) is 4.03. The molecule has 0 fully saturated rings. The predicted molar refractivity (Wildman–Crippen MR) is 404 cm³/mol. The summed E-state index contributed by atoms with van der Waals surface area (Å²) in [6.45, 7) is 2.26. The number of nitrogens with zero attached hydrogens (tertiary/aromatic N) is 4. The molecule has 3 unspecified atom stereocenters. The van der Waals surface area contributed by atoms with Crippen LogP contribution in [0.25, 0.3) is 99.8 Å². The van der Waals surface area contributed by atoms with E-state index >= 15 is 4.79 Å². The number of benzene rings is 13. The fraction of sp³-hybridized carbons (Fsp3) is 0.0543. The number of rotatable bonds is 9. The summed E-state index contributed by atoms with van der Waals surface area (Å²) in [4.78, 5) is 75.5. The first-order valence-corrected chi connectivity index (χ1v) is 34.5. The fourth-order valence-electron chi connectivity index (χ4n) is 17.3. The summed E-state index contributed by atoms with van der Waals surface area (Å²) in [5, 5.41) is 14.4. The third-order valence-electron chi connectivity index (χ3n) is 21.8. The molecule has 0 radical (unpaired) electrons. The van der Waals surface area contributed by atoms with Crippen LogP contribution in [0.1, 0.15) is 68.0 Å². The summed E-state index contributed by atoms with van der Waals surface area (Å²) in [5.41, 5.74) is 24.8. The number of hydrogen-bond acceptors (Lipinski definition) is 6. The highest BCUT2D eigenvalue weighted by Gasteiger charge is 2.54. The van der Waals surface area contributed by atoms with Gasteiger partial charge in [0, 0.05) is 27.7 Å². The number of para-hydroxylation sites is 3. The Morgan fingerprint density at radius 3 is 1.70 bits per heavy atom. The van der Waals surface area contributed by atoms with E-state index in [9.17, 15) is 24.3 Å². The first kappa shape index (κ1) is 59.0. The number of allylic oxidation sites excluding steroid dienone is 4. The smallest absolute Gasteiger partial charge is 0.304 e. The average Bonchev–Trinajstić information content (AvgIpc) is 1.50. The topological polar surface area (TPSA) is 120 Å². The maximum absolute atomic E-state index is 15.1. The van der Waals surface area contributed by atoms with Gasteiger partial charge >= 0.3 is 11.8 Å². The van der Waals surface area contributed by atoms with Crippen molar-refractivity contribution in [1.29, 1.82) is 0 Å². The van der Waals surface area contributed by atoms with Gasteiger partial charge in [-0.2, -0.15) is 0 Å². The van der Waals surface area contributed by atoms with Gasteiger partial charge in [-0.25, -0.2) is 0 Å². The number of ketones is 2. The molecule has 1 spiro atoms. The van der Waals surface area contributed by atoms with Gasteiger partial charge in [0.25, 0.3) is 17.5 Å². The molecule has 3 amide bonds. The Bertz CT molecular complexity index is 6180. The molecule has 3 atom stereocenters. The second-order valence-corrected chi connectivity index (χ2v) is 27.4. The van der Waals surface area contributed by atoms with Crippen LogP contribution in [0, 0.1) is 5.92 Å². The lowest BCUT2D eigenvalue weighted by Gasteiger charge is -2.33. The summed E-state index contributed by atoms with van der Waals surface area (Å²) in [5.74, 6) is -2.48. The Kier molecular flexibility index (Phi) is 12.8. The third kappa shape index (κ3) is 8.47. The lowest BCUT2D eigenvalue weighted by atomic mass is 9.68.